The predicted molar refractivity (Wildman–Crippen MR) is 157 cm³/mol. The van der Waals surface area contributed by atoms with Crippen LogP contribution in [0.5, 0.6) is 5.75 Å². The van der Waals surface area contributed by atoms with Crippen LogP contribution in [0.25, 0.3) is 11.3 Å². The van der Waals surface area contributed by atoms with Gasteiger partial charge in [0.2, 0.25) is 0 Å². The van der Waals surface area contributed by atoms with Gasteiger partial charge in [0.05, 0.1) is 19.8 Å². The van der Waals surface area contributed by atoms with Gasteiger partial charge in [0.25, 0.3) is 12.9 Å². The summed E-state index contributed by atoms with van der Waals surface area (Å²) < 4.78 is 19.5. The second-order valence-corrected chi connectivity index (χ2v) is 8.24. The van der Waals surface area contributed by atoms with Crippen molar-refractivity contribution in [2.45, 2.75) is 65.9 Å². The third-order valence-electron chi connectivity index (χ3n) is 5.15. The third-order valence-corrected chi connectivity index (χ3v) is 5.40. The van der Waals surface area contributed by atoms with Gasteiger partial charge in [-0.25, -0.2) is 0 Å². The van der Waals surface area contributed by atoms with E-state index >= 15 is 0 Å². The van der Waals surface area contributed by atoms with E-state index < -0.39 is 0 Å². The zero-order valence-electron chi connectivity index (χ0n) is 23.9. The van der Waals surface area contributed by atoms with Crippen LogP contribution in [0.1, 0.15) is 58.6 Å². The summed E-state index contributed by atoms with van der Waals surface area (Å²) in [7, 11) is 3.19. The number of carbonyl (C=O) groups is 2. The van der Waals surface area contributed by atoms with Gasteiger partial charge in [-0.1, -0.05) is 55.2 Å². The molecule has 1 aliphatic carbocycles. The van der Waals surface area contributed by atoms with E-state index in [1.54, 1.807) is 6.92 Å². The first kappa shape index (κ1) is 35.5. The minimum absolute atomic E-state index is 0.375. The number of halogens is 1. The Morgan fingerprint density at radius 1 is 1.00 bits per heavy atom. The normalized spacial score (nSPS) is 11.7. The lowest BCUT2D eigenvalue weighted by Gasteiger charge is -2.23. The molecule has 39 heavy (non-hydrogen) atoms. The quantitative estimate of drug-likeness (QED) is 0.292. The number of nitrogens with one attached hydrogen (secondary N) is 1. The molecule has 0 atom stereocenters. The van der Waals surface area contributed by atoms with Crippen molar-refractivity contribution < 1.29 is 28.3 Å². The highest BCUT2D eigenvalue weighted by atomic mass is 35.5. The largest absolute Gasteiger partial charge is 0.490 e. The van der Waals surface area contributed by atoms with Gasteiger partial charge in [-0.05, 0) is 75.9 Å². The van der Waals surface area contributed by atoms with Gasteiger partial charge in [-0.3, -0.25) is 9.59 Å². The zero-order chi connectivity index (χ0) is 29.3. The number of hydrogen-bond donors (Lipinski definition) is 1. The maximum atomic E-state index is 9.18. The van der Waals surface area contributed by atoms with E-state index in [1.807, 2.05) is 82.4 Å². The molecule has 216 valence electrons. The molecule has 1 aliphatic rings. The first-order valence-electron chi connectivity index (χ1n) is 13.1. The van der Waals surface area contributed by atoms with Crippen molar-refractivity contribution in [1.82, 2.24) is 5.16 Å². The zero-order valence-corrected chi connectivity index (χ0v) is 24.7. The lowest BCUT2D eigenvalue weighted by molar-refractivity contribution is -0.128. The van der Waals surface area contributed by atoms with Crippen molar-refractivity contribution in [3.63, 3.8) is 0 Å². The van der Waals surface area contributed by atoms with Crippen molar-refractivity contribution in [1.29, 1.82) is 0 Å². The number of rotatable bonds is 7. The van der Waals surface area contributed by atoms with Crippen LogP contribution >= 0.6 is 11.6 Å². The molecule has 8 nitrogen and oxygen atoms in total. The summed E-state index contributed by atoms with van der Waals surface area (Å²) in [6.45, 7) is 8.97. The fourth-order valence-electron chi connectivity index (χ4n) is 3.40. The molecule has 0 saturated heterocycles. The van der Waals surface area contributed by atoms with Crippen LogP contribution in [-0.2, 0) is 19.1 Å². The Balaban J connectivity index is 0.000000656. The molecule has 1 saturated carbocycles. The van der Waals surface area contributed by atoms with Crippen molar-refractivity contribution >= 4 is 30.2 Å². The van der Waals surface area contributed by atoms with Crippen LogP contribution in [0.2, 0.25) is 5.02 Å². The number of aryl methyl sites for hydroxylation is 1. The van der Waals surface area contributed by atoms with Gasteiger partial charge in [-0.15, -0.1) is 0 Å². The summed E-state index contributed by atoms with van der Waals surface area (Å²) in [5.74, 6) is 1.71. The molecule has 1 heterocycles. The van der Waals surface area contributed by atoms with Crippen molar-refractivity contribution in [2.24, 2.45) is 0 Å². The third kappa shape index (κ3) is 15.5. The lowest BCUT2D eigenvalue weighted by Crippen LogP contribution is -2.19. The second-order valence-electron chi connectivity index (χ2n) is 7.80. The topological polar surface area (TPSA) is 99.9 Å². The summed E-state index contributed by atoms with van der Waals surface area (Å²) in [6, 6.07) is 17.5. The van der Waals surface area contributed by atoms with Gasteiger partial charge < -0.3 is 24.1 Å². The maximum Gasteiger partial charge on any atom is 0.293 e. The Morgan fingerprint density at radius 3 is 2.00 bits per heavy atom. The van der Waals surface area contributed by atoms with E-state index in [0.29, 0.717) is 25.7 Å². The number of anilines is 1. The van der Waals surface area contributed by atoms with Crippen LogP contribution in [0.3, 0.4) is 0 Å². The summed E-state index contributed by atoms with van der Waals surface area (Å²) in [4.78, 5) is 18.1. The van der Waals surface area contributed by atoms with E-state index in [4.69, 9.17) is 25.7 Å². The van der Waals surface area contributed by atoms with E-state index in [1.165, 1.54) is 39.2 Å². The molecule has 3 aromatic rings. The molecular formula is C30H43ClN2O6. The molecule has 1 aromatic heterocycles. The van der Waals surface area contributed by atoms with E-state index in [9.17, 15) is 4.79 Å². The molecule has 1 fully saturated rings. The lowest BCUT2D eigenvalue weighted by atomic mass is 9.98. The number of benzene rings is 2. The number of aromatic nitrogens is 1. The van der Waals surface area contributed by atoms with Gasteiger partial charge in [0, 0.05) is 17.6 Å². The van der Waals surface area contributed by atoms with Gasteiger partial charge in [0.15, 0.2) is 5.76 Å². The molecule has 1 N–H and O–H groups in total. The first-order valence-corrected chi connectivity index (χ1v) is 13.5. The highest BCUT2D eigenvalue weighted by Gasteiger charge is 2.16. The number of nitrogens with zero attached hydrogens (tertiary/aromatic N) is 1. The monoisotopic (exact) mass is 562 g/mol. The fraction of sp³-hybridized carbons (Fsp3) is 0.433. The molecule has 0 amide bonds. The highest BCUT2D eigenvalue weighted by Crippen LogP contribution is 2.32. The molecule has 2 aromatic carbocycles. The Morgan fingerprint density at radius 2 is 1.59 bits per heavy atom. The number of ether oxygens (including phenoxy) is 3. The van der Waals surface area contributed by atoms with Gasteiger partial charge in [-0.2, -0.15) is 0 Å². The second kappa shape index (κ2) is 23.6. The number of methoxy groups -OCH3 is 1. The Bertz CT molecular complexity index is 990. The molecule has 0 aliphatic heterocycles. The molecule has 0 radical (unpaired) electrons. The average Bonchev–Trinajstić information content (AvgIpc) is 3.37. The average molecular weight is 563 g/mol. The molecule has 0 bridgehead atoms. The molecular weight excluding hydrogens is 520 g/mol. The smallest absolute Gasteiger partial charge is 0.293 e. The minimum Gasteiger partial charge on any atom is -0.490 e. The predicted octanol–water partition coefficient (Wildman–Crippen LogP) is 7.74. The summed E-state index contributed by atoms with van der Waals surface area (Å²) in [6.07, 6.45) is 6.64. The standard InChI is InChI=1S/C17H22N2O2.C6H5Cl.C3H6O2.C2H4O2.C2H6/c1-12-16(18-2)17(21-19-12)13-8-10-15(11-9-13)20-14-6-4-3-5-7-14;7-6-4-2-1-3-5-6;1-2-5-3-4;1-4-2-3;1-2/h8-11,14,18H,3-7H2,1-2H3;1-5H;3H,2H2,1H3;2H,1H3;1-2H3. The van der Waals surface area contributed by atoms with Crippen LogP contribution < -0.4 is 10.1 Å². The van der Waals surface area contributed by atoms with E-state index in [2.05, 4.69) is 19.9 Å². The van der Waals surface area contributed by atoms with Crippen molar-refractivity contribution in [3.05, 3.63) is 65.3 Å². The summed E-state index contributed by atoms with van der Waals surface area (Å²) in [5, 5.41) is 7.94. The minimum atomic E-state index is 0.375. The fourth-order valence-corrected chi connectivity index (χ4v) is 3.55. The Labute approximate surface area is 238 Å². The van der Waals surface area contributed by atoms with Crippen molar-refractivity contribution in [3.8, 4) is 17.1 Å². The SMILES string of the molecule is CC.CCOC=O.CNc1c(C)noc1-c1ccc(OC2CCCCC2)cc1.COC=O.Clc1ccccc1. The maximum absolute atomic E-state index is 9.18. The molecule has 0 unspecified atom stereocenters. The number of carbonyl (C=O) groups excluding carboxylic acids is 2. The summed E-state index contributed by atoms with van der Waals surface area (Å²) in [5.41, 5.74) is 2.82. The Kier molecular flexibility index (Phi) is 21.5. The first-order chi connectivity index (χ1) is 19.0. The van der Waals surface area contributed by atoms with Crippen LogP contribution in [0.4, 0.5) is 5.69 Å². The molecule has 4 rings (SSSR count). The van der Waals surface area contributed by atoms with Crippen molar-refractivity contribution in [2.75, 3.05) is 26.1 Å². The van der Waals surface area contributed by atoms with E-state index in [0.717, 1.165) is 33.5 Å². The van der Waals surface area contributed by atoms with E-state index in [-0.39, 0.29) is 0 Å². The summed E-state index contributed by atoms with van der Waals surface area (Å²) >= 11 is 5.54. The molecule has 0 spiro atoms. The van der Waals surface area contributed by atoms with Crippen LogP contribution in [0, 0.1) is 6.92 Å². The number of hydrogen-bond acceptors (Lipinski definition) is 8. The highest BCUT2D eigenvalue weighted by molar-refractivity contribution is 6.30. The van der Waals surface area contributed by atoms with Crippen LogP contribution in [-0.4, -0.2) is 45.0 Å². The Hall–Kier alpha value is -3.52. The van der Waals surface area contributed by atoms with Gasteiger partial charge >= 0.3 is 0 Å². The molecule has 9 heteroatoms. The van der Waals surface area contributed by atoms with Gasteiger partial charge in [0.1, 0.15) is 17.1 Å². The van der Waals surface area contributed by atoms with Crippen LogP contribution in [0.15, 0.2) is 59.1 Å².